The van der Waals surface area contributed by atoms with E-state index in [1.165, 1.54) is 0 Å². The van der Waals surface area contributed by atoms with Crippen LogP contribution in [0.1, 0.15) is 33.6 Å². The number of rotatable bonds is 21. The standard InChI is InChI=1S/C36H59N3O30S/c1-10(43)37-19-13(46)4-35(33(55)56,68-29(19)22(49)15(48)6-40)66-16(7-41)23(50)30-20(38-11(2)44)14(47)5-36(69-30,34(57)58)67-28-17(8-42)64-32(26(53)25(28)52)65-27-18(9-62-70(59,60)61)63-31(54)21(24(27)51)39-12(3)45/h13-32,40-42,46-54H,4-9H2,1-3H3,(H,37,43)(H,38,44)(H,39,45)(H,55,56)(H,57,58)(H,59,60,61)/p-3/t13-,14-,15+,16+,17+,18+,19+,20+,21+,22+,23+,24+,25+,26+,27+,28-,29+,30+,31?,32-,35+,36+/m0/s1. The van der Waals surface area contributed by atoms with Crippen molar-refractivity contribution in [2.24, 2.45) is 0 Å². The lowest BCUT2D eigenvalue weighted by molar-refractivity contribution is -0.413. The second-order valence-electron chi connectivity index (χ2n) is 16.7. The number of aliphatic hydroxyl groups is 12. The number of aliphatic carboxylic acids is 2. The van der Waals surface area contributed by atoms with E-state index in [4.69, 9.17) is 33.2 Å². The average molecular weight is 1040 g/mol. The molecule has 0 aromatic heterocycles. The van der Waals surface area contributed by atoms with Gasteiger partial charge in [-0.05, 0) is 0 Å². The SMILES string of the molecule is CC(=O)N[C@H]1[C@H]([C@H](O)[C@H](O)CO)O[C@@](O[C@H](CO)[C@@H](O)[C@@H]2O[C@@](O[C@@H]3[C@H](O)[C@@H](O)[C@H](O[C@H]4[C@H](O)[C@@H](NC(C)=O)C(O)O[C@@H]4COS(=O)(=O)[O-])O[C@@H]3CO)(C(=O)[O-])C[C@H](O)[C@H]2NC(C)=O)(C(=O)[O-])C[C@@H]1O. The van der Waals surface area contributed by atoms with Gasteiger partial charge >= 0.3 is 0 Å². The van der Waals surface area contributed by atoms with Gasteiger partial charge in [-0.1, -0.05) is 0 Å². The zero-order chi connectivity index (χ0) is 53.0. The van der Waals surface area contributed by atoms with Gasteiger partial charge in [-0.15, -0.1) is 0 Å². The lowest BCUT2D eigenvalue weighted by Gasteiger charge is -2.53. The van der Waals surface area contributed by atoms with Crippen LogP contribution in [-0.2, 0) is 71.7 Å². The summed E-state index contributed by atoms with van der Waals surface area (Å²) in [6.45, 7) is -2.51. The van der Waals surface area contributed by atoms with Gasteiger partial charge in [-0.3, -0.25) is 18.6 Å². The molecule has 70 heavy (non-hydrogen) atoms. The lowest BCUT2D eigenvalue weighted by atomic mass is 9.87. The van der Waals surface area contributed by atoms with Crippen LogP contribution in [0.2, 0.25) is 0 Å². The number of ether oxygens (including phenoxy) is 7. The molecule has 4 aliphatic rings. The molecule has 4 rings (SSSR count). The molecule has 0 aromatic rings. The fourth-order valence-electron chi connectivity index (χ4n) is 8.29. The first kappa shape index (κ1) is 59.0. The number of carbonyl (C=O) groups excluding carboxylic acids is 5. The monoisotopic (exact) mass is 1040 g/mol. The molecule has 4 aliphatic heterocycles. The molecule has 33 nitrogen and oxygen atoms in total. The van der Waals surface area contributed by atoms with E-state index >= 15 is 0 Å². The quantitative estimate of drug-likeness (QED) is 0.0375. The number of nitrogens with one attached hydrogen (secondary N) is 3. The number of hydrogen-bond donors (Lipinski definition) is 15. The highest BCUT2D eigenvalue weighted by Gasteiger charge is 2.59. The zero-order valence-corrected chi connectivity index (χ0v) is 37.7. The summed E-state index contributed by atoms with van der Waals surface area (Å²) >= 11 is 0. The Morgan fingerprint density at radius 1 is 0.686 bits per heavy atom. The minimum Gasteiger partial charge on any atom is -0.726 e. The summed E-state index contributed by atoms with van der Waals surface area (Å²) in [5, 5.41) is 162. The third-order valence-corrected chi connectivity index (χ3v) is 12.0. The normalized spacial score (nSPS) is 39.9. The molecular formula is C36H56N3O30S-3. The van der Waals surface area contributed by atoms with Crippen molar-refractivity contribution in [2.45, 2.75) is 167 Å². The molecule has 4 heterocycles. The van der Waals surface area contributed by atoms with Crippen molar-refractivity contribution < 1.29 is 146 Å². The van der Waals surface area contributed by atoms with Gasteiger partial charge in [0, 0.05) is 33.6 Å². The van der Waals surface area contributed by atoms with Crippen LogP contribution in [-0.4, -0.2) is 264 Å². The molecule has 34 heteroatoms. The highest BCUT2D eigenvalue weighted by molar-refractivity contribution is 7.80. The molecule has 3 amide bonds. The Hall–Kier alpha value is -3.54. The Labute approximate surface area is 395 Å². The largest absolute Gasteiger partial charge is 0.726 e. The molecule has 0 saturated carbocycles. The highest BCUT2D eigenvalue weighted by atomic mass is 32.3. The number of carboxylic acid groups (broad SMARTS) is 2. The van der Waals surface area contributed by atoms with E-state index in [1.54, 1.807) is 0 Å². The maximum absolute atomic E-state index is 13.1. The summed E-state index contributed by atoms with van der Waals surface area (Å²) in [7, 11) is -5.47. The van der Waals surface area contributed by atoms with Gasteiger partial charge in [0.2, 0.25) is 39.7 Å². The van der Waals surface area contributed by atoms with E-state index in [2.05, 4.69) is 20.1 Å². The van der Waals surface area contributed by atoms with Crippen LogP contribution in [0.4, 0.5) is 0 Å². The number of carboxylic acids is 2. The number of hydrogen-bond acceptors (Lipinski definition) is 30. The molecule has 15 N–H and O–H groups in total. The third-order valence-electron chi connectivity index (χ3n) is 11.5. The van der Waals surface area contributed by atoms with Crippen LogP contribution in [0.3, 0.4) is 0 Å². The van der Waals surface area contributed by atoms with Gasteiger partial charge in [0.25, 0.3) is 0 Å². The van der Waals surface area contributed by atoms with Crippen molar-refractivity contribution in [2.75, 3.05) is 26.4 Å². The first-order chi connectivity index (χ1) is 32.5. The second-order valence-corrected chi connectivity index (χ2v) is 17.7. The Morgan fingerprint density at radius 3 is 1.66 bits per heavy atom. The maximum Gasteiger partial charge on any atom is 0.217 e. The Kier molecular flexibility index (Phi) is 20.2. The molecule has 1 unspecified atom stereocenters. The summed E-state index contributed by atoms with van der Waals surface area (Å²) in [6.07, 6.45) is -41.1. The number of aliphatic hydroxyl groups excluding tert-OH is 12. The fourth-order valence-corrected chi connectivity index (χ4v) is 8.59. The van der Waals surface area contributed by atoms with Gasteiger partial charge in [-0.2, -0.15) is 0 Å². The minimum atomic E-state index is -5.47. The summed E-state index contributed by atoms with van der Waals surface area (Å²) in [5.74, 6) is -14.5. The molecule has 0 aromatic carbocycles. The van der Waals surface area contributed by atoms with E-state index in [-0.39, 0.29) is 0 Å². The van der Waals surface area contributed by atoms with Crippen LogP contribution in [0.25, 0.3) is 0 Å². The first-order valence-corrected chi connectivity index (χ1v) is 22.3. The van der Waals surface area contributed by atoms with Crippen molar-refractivity contribution in [3.63, 3.8) is 0 Å². The summed E-state index contributed by atoms with van der Waals surface area (Å²) < 4.78 is 76.2. The lowest BCUT2D eigenvalue weighted by Crippen LogP contribution is -2.73. The fraction of sp³-hybridized carbons (Fsp3) is 0.861. The molecule has 4 fully saturated rings. The minimum absolute atomic E-state index is 0.857. The highest BCUT2D eigenvalue weighted by Crippen LogP contribution is 2.40. The second kappa shape index (κ2) is 24.0. The molecule has 22 atom stereocenters. The van der Waals surface area contributed by atoms with Gasteiger partial charge in [0.15, 0.2) is 12.6 Å². The van der Waals surface area contributed by atoms with Crippen molar-refractivity contribution in [1.82, 2.24) is 16.0 Å². The van der Waals surface area contributed by atoms with Crippen LogP contribution in [0.5, 0.6) is 0 Å². The smallest absolute Gasteiger partial charge is 0.217 e. The Morgan fingerprint density at radius 2 is 1.19 bits per heavy atom. The van der Waals surface area contributed by atoms with Crippen LogP contribution in [0.15, 0.2) is 0 Å². The van der Waals surface area contributed by atoms with Crippen LogP contribution >= 0.6 is 0 Å². The third kappa shape index (κ3) is 13.5. The van der Waals surface area contributed by atoms with Crippen molar-refractivity contribution in [3.8, 4) is 0 Å². The molecule has 0 aliphatic carbocycles. The van der Waals surface area contributed by atoms with Gasteiger partial charge in [0.05, 0.1) is 50.7 Å². The van der Waals surface area contributed by atoms with E-state index in [0.717, 1.165) is 20.8 Å². The van der Waals surface area contributed by atoms with Gasteiger partial charge < -0.3 is 135 Å². The summed E-state index contributed by atoms with van der Waals surface area (Å²) in [6, 6.07) is -5.47. The predicted octanol–water partition coefficient (Wildman–Crippen LogP) is -14.1. The molecule has 0 spiro atoms. The van der Waals surface area contributed by atoms with Crippen molar-refractivity contribution >= 4 is 40.1 Å². The van der Waals surface area contributed by atoms with Crippen LogP contribution < -0.4 is 26.2 Å². The topological polar surface area (TPSA) is 541 Å². The van der Waals surface area contributed by atoms with Gasteiger partial charge in [0.1, 0.15) is 97.3 Å². The Balaban J connectivity index is 1.68. The van der Waals surface area contributed by atoms with E-state index in [9.17, 15) is 108 Å². The molecule has 404 valence electrons. The molecule has 0 bridgehead atoms. The number of amides is 3. The summed E-state index contributed by atoms with van der Waals surface area (Å²) in [4.78, 5) is 62.0. The van der Waals surface area contributed by atoms with E-state index in [1.807, 2.05) is 0 Å². The molecular weight excluding hydrogens is 986 g/mol. The summed E-state index contributed by atoms with van der Waals surface area (Å²) in [5.41, 5.74) is 0. The Bertz CT molecular complexity index is 1940. The van der Waals surface area contributed by atoms with Crippen LogP contribution in [0, 0.1) is 0 Å². The van der Waals surface area contributed by atoms with Gasteiger partial charge in [-0.25, -0.2) is 8.42 Å². The first-order valence-electron chi connectivity index (χ1n) is 20.9. The predicted molar refractivity (Wildman–Crippen MR) is 206 cm³/mol. The average Bonchev–Trinajstić information content (AvgIpc) is 3.26. The maximum atomic E-state index is 13.1. The van der Waals surface area contributed by atoms with E-state index < -0.39 is 213 Å². The van der Waals surface area contributed by atoms with E-state index in [0.29, 0.717) is 0 Å². The number of carbonyl (C=O) groups is 5. The van der Waals surface area contributed by atoms with Crippen molar-refractivity contribution in [3.05, 3.63) is 0 Å². The molecule has 4 saturated heterocycles. The molecule has 0 radical (unpaired) electrons. The van der Waals surface area contributed by atoms with Crippen molar-refractivity contribution in [1.29, 1.82) is 0 Å². The zero-order valence-electron chi connectivity index (χ0n) is 36.9.